The third-order valence-corrected chi connectivity index (χ3v) is 4.71. The zero-order valence-corrected chi connectivity index (χ0v) is 17.4. The molecule has 30 heavy (non-hydrogen) atoms. The lowest BCUT2D eigenvalue weighted by atomic mass is 10.1. The number of nitrogens with zero attached hydrogens (tertiary/aromatic N) is 2. The highest BCUT2D eigenvalue weighted by atomic mass is 16.5. The quantitative estimate of drug-likeness (QED) is 0.369. The summed E-state index contributed by atoms with van der Waals surface area (Å²) in [6.07, 6.45) is 1.93. The van der Waals surface area contributed by atoms with Gasteiger partial charge in [0.25, 0.3) is 0 Å². The molecule has 1 N–H and O–H groups in total. The van der Waals surface area contributed by atoms with Crippen LogP contribution in [0.25, 0.3) is 5.69 Å². The summed E-state index contributed by atoms with van der Waals surface area (Å²) in [4.78, 5) is 23.9. The van der Waals surface area contributed by atoms with Gasteiger partial charge in [-0.3, -0.25) is 4.79 Å². The highest BCUT2D eigenvalue weighted by molar-refractivity contribution is 5.89. The molecule has 154 valence electrons. The van der Waals surface area contributed by atoms with E-state index in [1.807, 2.05) is 62.4 Å². The van der Waals surface area contributed by atoms with Gasteiger partial charge in [-0.05, 0) is 56.7 Å². The summed E-state index contributed by atoms with van der Waals surface area (Å²) in [7, 11) is 0. The molecule has 2 aromatic carbocycles. The van der Waals surface area contributed by atoms with Crippen LogP contribution in [0.4, 0.5) is 0 Å². The molecule has 3 aromatic rings. The number of aromatic nitrogens is 1. The molecular weight excluding hydrogens is 378 g/mol. The van der Waals surface area contributed by atoms with Crippen molar-refractivity contribution in [3.8, 4) is 5.69 Å². The molecule has 0 fully saturated rings. The number of amides is 1. The van der Waals surface area contributed by atoms with Gasteiger partial charge < -0.3 is 9.30 Å². The molecule has 0 saturated heterocycles. The summed E-state index contributed by atoms with van der Waals surface area (Å²) < 4.78 is 7.10. The van der Waals surface area contributed by atoms with E-state index >= 15 is 0 Å². The van der Waals surface area contributed by atoms with Crippen molar-refractivity contribution in [2.75, 3.05) is 6.61 Å². The van der Waals surface area contributed by atoms with Crippen molar-refractivity contribution in [2.24, 2.45) is 5.10 Å². The van der Waals surface area contributed by atoms with E-state index in [1.54, 1.807) is 25.3 Å². The van der Waals surface area contributed by atoms with Crippen molar-refractivity contribution in [1.29, 1.82) is 0 Å². The van der Waals surface area contributed by atoms with E-state index in [0.29, 0.717) is 12.2 Å². The molecule has 1 amide bonds. The maximum absolute atomic E-state index is 12.0. The van der Waals surface area contributed by atoms with Gasteiger partial charge in [0.2, 0.25) is 5.91 Å². The average Bonchev–Trinajstić information content (AvgIpc) is 3.02. The van der Waals surface area contributed by atoms with Crippen molar-refractivity contribution < 1.29 is 14.3 Å². The Bertz CT molecular complexity index is 1050. The van der Waals surface area contributed by atoms with E-state index in [2.05, 4.69) is 15.1 Å². The topological polar surface area (TPSA) is 72.7 Å². The summed E-state index contributed by atoms with van der Waals surface area (Å²) >= 11 is 0. The van der Waals surface area contributed by atoms with Crippen LogP contribution >= 0.6 is 0 Å². The minimum Gasteiger partial charge on any atom is -0.462 e. The third kappa shape index (κ3) is 5.03. The summed E-state index contributed by atoms with van der Waals surface area (Å²) in [5.41, 5.74) is 7.88. The zero-order chi connectivity index (χ0) is 21.5. The van der Waals surface area contributed by atoms with Crippen LogP contribution in [0.5, 0.6) is 0 Å². The van der Waals surface area contributed by atoms with Crippen molar-refractivity contribution in [1.82, 2.24) is 9.99 Å². The zero-order valence-electron chi connectivity index (χ0n) is 17.4. The molecular formula is C24H25N3O3. The third-order valence-electron chi connectivity index (χ3n) is 4.71. The van der Waals surface area contributed by atoms with Gasteiger partial charge in [0, 0.05) is 22.6 Å². The number of carbonyl (C=O) groups excluding carboxylic acids is 2. The number of carbonyl (C=O) groups is 2. The first-order valence-corrected chi connectivity index (χ1v) is 9.82. The van der Waals surface area contributed by atoms with Gasteiger partial charge in [-0.25, -0.2) is 10.2 Å². The predicted molar refractivity (Wildman–Crippen MR) is 117 cm³/mol. The number of rotatable bonds is 7. The number of benzene rings is 2. The average molecular weight is 403 g/mol. The Morgan fingerprint density at radius 3 is 2.43 bits per heavy atom. The lowest BCUT2D eigenvalue weighted by Crippen LogP contribution is -2.19. The van der Waals surface area contributed by atoms with Crippen molar-refractivity contribution in [3.05, 3.63) is 88.7 Å². The molecule has 3 rings (SSSR count). The lowest BCUT2D eigenvalue weighted by molar-refractivity contribution is -0.120. The summed E-state index contributed by atoms with van der Waals surface area (Å²) in [5.74, 6) is -0.495. The van der Waals surface area contributed by atoms with E-state index in [-0.39, 0.29) is 18.3 Å². The molecule has 6 nitrogen and oxygen atoms in total. The van der Waals surface area contributed by atoms with Gasteiger partial charge in [0.05, 0.1) is 24.8 Å². The first-order valence-electron chi connectivity index (χ1n) is 9.82. The van der Waals surface area contributed by atoms with Crippen molar-refractivity contribution in [2.45, 2.75) is 27.2 Å². The van der Waals surface area contributed by atoms with Crippen molar-refractivity contribution in [3.63, 3.8) is 0 Å². The fourth-order valence-corrected chi connectivity index (χ4v) is 3.27. The van der Waals surface area contributed by atoms with Crippen LogP contribution in [0.3, 0.4) is 0 Å². The van der Waals surface area contributed by atoms with Gasteiger partial charge in [-0.1, -0.05) is 30.3 Å². The smallest absolute Gasteiger partial charge is 0.338 e. The van der Waals surface area contributed by atoms with E-state index in [0.717, 1.165) is 28.2 Å². The van der Waals surface area contributed by atoms with Gasteiger partial charge in [-0.15, -0.1) is 0 Å². The molecule has 0 radical (unpaired) electrons. The number of hydrogen-bond donors (Lipinski definition) is 1. The van der Waals surface area contributed by atoms with Crippen LogP contribution < -0.4 is 5.43 Å². The number of nitrogens with one attached hydrogen (secondary N) is 1. The van der Waals surface area contributed by atoms with Crippen LogP contribution in [0.15, 0.2) is 65.8 Å². The highest BCUT2D eigenvalue weighted by Gasteiger charge is 2.11. The number of esters is 1. The second-order valence-corrected chi connectivity index (χ2v) is 6.88. The molecule has 0 aliphatic carbocycles. The molecule has 0 aliphatic rings. The minimum atomic E-state index is -0.330. The minimum absolute atomic E-state index is 0.166. The van der Waals surface area contributed by atoms with Gasteiger partial charge >= 0.3 is 5.97 Å². The van der Waals surface area contributed by atoms with Gasteiger partial charge in [0.15, 0.2) is 0 Å². The predicted octanol–water partition coefficient (Wildman–Crippen LogP) is 3.96. The van der Waals surface area contributed by atoms with E-state index in [9.17, 15) is 9.59 Å². The monoisotopic (exact) mass is 403 g/mol. The van der Waals surface area contributed by atoms with E-state index in [1.165, 1.54) is 0 Å². The number of ether oxygens (including phenoxy) is 1. The van der Waals surface area contributed by atoms with Crippen molar-refractivity contribution >= 4 is 18.1 Å². The van der Waals surface area contributed by atoms with Crippen LogP contribution in [0.2, 0.25) is 0 Å². The standard InChI is InChI=1S/C24H25N3O3/c1-4-30-24(29)20-10-12-22(13-11-20)27-17(2)14-21(18(27)3)16-25-26-23(28)15-19-8-6-5-7-9-19/h5-14,16H,4,15H2,1-3H3,(H,26,28). The molecule has 1 heterocycles. The molecule has 0 bridgehead atoms. The van der Waals surface area contributed by atoms with E-state index < -0.39 is 0 Å². The molecule has 0 unspecified atom stereocenters. The Labute approximate surface area is 176 Å². The van der Waals surface area contributed by atoms with Crippen LogP contribution in [-0.2, 0) is 16.0 Å². The number of hydrazone groups is 1. The normalized spacial score (nSPS) is 10.9. The number of hydrogen-bond acceptors (Lipinski definition) is 4. The molecule has 6 heteroatoms. The second kappa shape index (κ2) is 9.69. The molecule has 0 saturated carbocycles. The molecule has 0 spiro atoms. The maximum atomic E-state index is 12.0. The largest absolute Gasteiger partial charge is 0.462 e. The van der Waals surface area contributed by atoms with Crippen LogP contribution in [0.1, 0.15) is 39.8 Å². The summed E-state index contributed by atoms with van der Waals surface area (Å²) in [6.45, 7) is 6.12. The Morgan fingerprint density at radius 1 is 1.07 bits per heavy atom. The maximum Gasteiger partial charge on any atom is 0.338 e. The highest BCUT2D eigenvalue weighted by Crippen LogP contribution is 2.20. The second-order valence-electron chi connectivity index (χ2n) is 6.88. The number of aryl methyl sites for hydroxylation is 1. The summed E-state index contributed by atoms with van der Waals surface area (Å²) in [6, 6.07) is 18.8. The fourth-order valence-electron chi connectivity index (χ4n) is 3.27. The Balaban J connectivity index is 1.70. The van der Waals surface area contributed by atoms with Crippen LogP contribution in [0, 0.1) is 13.8 Å². The first kappa shape index (κ1) is 21.0. The Morgan fingerprint density at radius 2 is 1.77 bits per heavy atom. The van der Waals surface area contributed by atoms with E-state index in [4.69, 9.17) is 4.74 Å². The first-order chi connectivity index (χ1) is 14.5. The lowest BCUT2D eigenvalue weighted by Gasteiger charge is -2.10. The Kier molecular flexibility index (Phi) is 6.80. The van der Waals surface area contributed by atoms with Crippen LogP contribution in [-0.4, -0.2) is 29.3 Å². The van der Waals surface area contributed by atoms with Gasteiger partial charge in [0.1, 0.15) is 0 Å². The molecule has 0 aliphatic heterocycles. The van der Waals surface area contributed by atoms with Gasteiger partial charge in [-0.2, -0.15) is 5.10 Å². The fraction of sp³-hybridized carbons (Fsp3) is 0.208. The molecule has 1 aromatic heterocycles. The SMILES string of the molecule is CCOC(=O)c1ccc(-n2c(C)cc(C=NNC(=O)Cc3ccccc3)c2C)cc1. The Hall–Kier alpha value is -3.67. The molecule has 0 atom stereocenters. The summed E-state index contributed by atoms with van der Waals surface area (Å²) in [5, 5.41) is 4.11.